The van der Waals surface area contributed by atoms with Crippen molar-refractivity contribution in [3.63, 3.8) is 0 Å². The quantitative estimate of drug-likeness (QED) is 0.495. The maximum atomic E-state index is 12.7. The lowest BCUT2D eigenvalue weighted by molar-refractivity contribution is -0.129. The first-order valence-corrected chi connectivity index (χ1v) is 11.3. The van der Waals surface area contributed by atoms with E-state index in [-0.39, 0.29) is 5.91 Å². The smallest absolute Gasteiger partial charge is 0.233 e. The molecule has 0 atom stereocenters. The number of piperidine rings is 1. The summed E-state index contributed by atoms with van der Waals surface area (Å²) in [5.74, 6) is 1.15. The van der Waals surface area contributed by atoms with Crippen molar-refractivity contribution in [2.24, 2.45) is 5.92 Å². The summed E-state index contributed by atoms with van der Waals surface area (Å²) < 4.78 is 0. The van der Waals surface area contributed by atoms with Gasteiger partial charge in [-0.2, -0.15) is 0 Å². The molecule has 0 aliphatic carbocycles. The molecule has 4 aromatic rings. The van der Waals surface area contributed by atoms with E-state index in [1.807, 2.05) is 29.2 Å². The molecule has 1 aliphatic rings. The van der Waals surface area contributed by atoms with E-state index in [2.05, 4.69) is 50.5 Å². The summed E-state index contributed by atoms with van der Waals surface area (Å²) in [6, 6.07) is 18.6. The van der Waals surface area contributed by atoms with E-state index in [0.29, 0.717) is 22.5 Å². The van der Waals surface area contributed by atoms with Crippen LogP contribution in [0.2, 0.25) is 0 Å². The summed E-state index contributed by atoms with van der Waals surface area (Å²) in [5.41, 5.74) is 3.85. The summed E-state index contributed by atoms with van der Waals surface area (Å²) in [6.45, 7) is 1.66. The number of para-hydroxylation sites is 1. The van der Waals surface area contributed by atoms with Gasteiger partial charge in [0.05, 0.1) is 5.75 Å². The van der Waals surface area contributed by atoms with Gasteiger partial charge in [-0.3, -0.25) is 4.79 Å². The highest BCUT2D eigenvalue weighted by atomic mass is 32.2. The Labute approximate surface area is 179 Å². The molecule has 0 bridgehead atoms. The van der Waals surface area contributed by atoms with E-state index in [1.165, 1.54) is 17.3 Å². The van der Waals surface area contributed by atoms with Crippen LogP contribution in [-0.4, -0.2) is 49.8 Å². The van der Waals surface area contributed by atoms with Crippen LogP contribution in [-0.2, 0) is 11.2 Å². The number of rotatable bonds is 5. The van der Waals surface area contributed by atoms with Crippen molar-refractivity contribution >= 4 is 39.7 Å². The number of carbonyl (C=O) groups excluding carboxylic acids is 1. The summed E-state index contributed by atoms with van der Waals surface area (Å²) in [7, 11) is 0. The maximum absolute atomic E-state index is 12.7. The molecule has 1 aliphatic heterocycles. The second kappa shape index (κ2) is 8.44. The summed E-state index contributed by atoms with van der Waals surface area (Å²) in [4.78, 5) is 22.5. The molecule has 2 aromatic carbocycles. The number of benzene rings is 2. The van der Waals surface area contributed by atoms with Crippen molar-refractivity contribution in [3.05, 3.63) is 60.2 Å². The van der Waals surface area contributed by atoms with E-state index in [0.717, 1.165) is 48.8 Å². The van der Waals surface area contributed by atoms with Gasteiger partial charge in [-0.25, -0.2) is 4.98 Å². The number of hydrogen-bond donors (Lipinski definition) is 1. The number of likely N-dealkylation sites (tertiary alicyclic amines) is 1. The first-order valence-electron chi connectivity index (χ1n) is 10.3. The Kier molecular flexibility index (Phi) is 5.36. The number of aromatic amines is 1. The fourth-order valence-electron chi connectivity index (χ4n) is 4.12. The fourth-order valence-corrected chi connectivity index (χ4v) is 4.81. The Bertz CT molecular complexity index is 1170. The van der Waals surface area contributed by atoms with Crippen molar-refractivity contribution < 1.29 is 4.79 Å². The zero-order chi connectivity index (χ0) is 20.3. The highest BCUT2D eigenvalue weighted by Crippen LogP contribution is 2.25. The van der Waals surface area contributed by atoms with Crippen molar-refractivity contribution in [2.75, 3.05) is 18.8 Å². The number of H-pyrrole nitrogens is 1. The molecule has 1 amide bonds. The summed E-state index contributed by atoms with van der Waals surface area (Å²) in [6.07, 6.45) is 3.22. The molecule has 5 rings (SSSR count). The number of amides is 1. The van der Waals surface area contributed by atoms with Crippen molar-refractivity contribution in [1.82, 2.24) is 25.1 Å². The first-order chi connectivity index (χ1) is 14.8. The SMILES string of the molecule is O=C(CSc1nnc2c(n1)[nH]c1ccccc12)N1CCC(Cc2ccccc2)CC1. The van der Waals surface area contributed by atoms with E-state index >= 15 is 0 Å². The van der Waals surface area contributed by atoms with Crippen LogP contribution >= 0.6 is 11.8 Å². The second-order valence-electron chi connectivity index (χ2n) is 7.76. The normalized spacial score (nSPS) is 15.1. The number of fused-ring (bicyclic) bond motifs is 3. The molecule has 30 heavy (non-hydrogen) atoms. The Morgan fingerprint density at radius 2 is 1.80 bits per heavy atom. The van der Waals surface area contributed by atoms with Gasteiger partial charge in [0.1, 0.15) is 5.52 Å². The Balaban J connectivity index is 1.16. The van der Waals surface area contributed by atoms with Crippen LogP contribution in [0.3, 0.4) is 0 Å². The van der Waals surface area contributed by atoms with Gasteiger partial charge in [0.25, 0.3) is 0 Å². The zero-order valence-corrected chi connectivity index (χ0v) is 17.4. The van der Waals surface area contributed by atoms with Crippen molar-refractivity contribution in [2.45, 2.75) is 24.4 Å². The third kappa shape index (κ3) is 4.03. The van der Waals surface area contributed by atoms with Gasteiger partial charge in [-0.1, -0.05) is 60.3 Å². The molecule has 0 unspecified atom stereocenters. The van der Waals surface area contributed by atoms with Crippen LogP contribution in [0.5, 0.6) is 0 Å². The second-order valence-corrected chi connectivity index (χ2v) is 8.71. The molecule has 7 heteroatoms. The summed E-state index contributed by atoms with van der Waals surface area (Å²) >= 11 is 1.35. The predicted molar refractivity (Wildman–Crippen MR) is 119 cm³/mol. The summed E-state index contributed by atoms with van der Waals surface area (Å²) in [5, 5.41) is 10.1. The van der Waals surface area contributed by atoms with Gasteiger partial charge in [0.2, 0.25) is 11.1 Å². The van der Waals surface area contributed by atoms with Gasteiger partial charge in [0.15, 0.2) is 5.65 Å². The fraction of sp³-hybridized carbons (Fsp3) is 0.304. The van der Waals surface area contributed by atoms with E-state index in [4.69, 9.17) is 0 Å². The average molecular weight is 418 g/mol. The molecule has 152 valence electrons. The number of nitrogens with zero attached hydrogens (tertiary/aromatic N) is 4. The highest BCUT2D eigenvalue weighted by Gasteiger charge is 2.23. The monoisotopic (exact) mass is 417 g/mol. The molecule has 3 heterocycles. The molecule has 0 saturated carbocycles. The lowest BCUT2D eigenvalue weighted by atomic mass is 9.90. The molecule has 1 fully saturated rings. The van der Waals surface area contributed by atoms with Crippen molar-refractivity contribution in [3.8, 4) is 0 Å². The van der Waals surface area contributed by atoms with Crippen LogP contribution in [0.1, 0.15) is 18.4 Å². The largest absolute Gasteiger partial charge is 0.342 e. The van der Waals surface area contributed by atoms with E-state index < -0.39 is 0 Å². The number of hydrogen-bond acceptors (Lipinski definition) is 5. The molecule has 0 spiro atoms. The van der Waals surface area contributed by atoms with Gasteiger partial charge >= 0.3 is 0 Å². The standard InChI is InChI=1S/C23H23N5OS/c29-20(28-12-10-17(11-13-28)14-16-6-2-1-3-7-16)15-30-23-25-22-21(26-27-23)18-8-4-5-9-19(18)24-22/h1-9,17H,10-15H2,(H,24,25,27). The minimum Gasteiger partial charge on any atom is -0.342 e. The van der Waals surface area contributed by atoms with Crippen LogP contribution < -0.4 is 0 Å². The topological polar surface area (TPSA) is 74.8 Å². The molecule has 6 nitrogen and oxygen atoms in total. The van der Waals surface area contributed by atoms with Gasteiger partial charge < -0.3 is 9.88 Å². The Morgan fingerprint density at radius 3 is 2.63 bits per heavy atom. The average Bonchev–Trinajstić information content (AvgIpc) is 3.16. The van der Waals surface area contributed by atoms with E-state index in [9.17, 15) is 4.79 Å². The molecular weight excluding hydrogens is 394 g/mol. The number of thioether (sulfide) groups is 1. The molecule has 1 N–H and O–H groups in total. The van der Waals surface area contributed by atoms with Crippen molar-refractivity contribution in [1.29, 1.82) is 0 Å². The number of aromatic nitrogens is 4. The lowest BCUT2D eigenvalue weighted by Crippen LogP contribution is -2.39. The van der Waals surface area contributed by atoms with Crippen LogP contribution in [0, 0.1) is 5.92 Å². The molecule has 1 saturated heterocycles. The predicted octanol–water partition coefficient (Wildman–Crippen LogP) is 4.08. The maximum Gasteiger partial charge on any atom is 0.233 e. The lowest BCUT2D eigenvalue weighted by Gasteiger charge is -2.32. The third-order valence-corrected chi connectivity index (χ3v) is 6.58. The van der Waals surface area contributed by atoms with Crippen LogP contribution in [0.15, 0.2) is 59.8 Å². The number of nitrogens with one attached hydrogen (secondary N) is 1. The minimum atomic E-state index is 0.151. The Hall–Kier alpha value is -2.93. The van der Waals surface area contributed by atoms with Gasteiger partial charge in [-0.05, 0) is 36.8 Å². The third-order valence-electron chi connectivity index (χ3n) is 5.76. The molecule has 0 radical (unpaired) electrons. The Morgan fingerprint density at radius 1 is 1.03 bits per heavy atom. The van der Waals surface area contributed by atoms with Gasteiger partial charge in [0, 0.05) is 24.0 Å². The van der Waals surface area contributed by atoms with Gasteiger partial charge in [-0.15, -0.1) is 10.2 Å². The van der Waals surface area contributed by atoms with E-state index in [1.54, 1.807) is 0 Å². The van der Waals surface area contributed by atoms with Crippen LogP contribution in [0.25, 0.3) is 22.1 Å². The first kappa shape index (κ1) is 19.1. The van der Waals surface area contributed by atoms with Crippen LogP contribution in [0.4, 0.5) is 0 Å². The minimum absolute atomic E-state index is 0.151. The highest BCUT2D eigenvalue weighted by molar-refractivity contribution is 7.99. The zero-order valence-electron chi connectivity index (χ0n) is 16.6. The number of carbonyl (C=O) groups is 1. The molecular formula is C23H23N5OS. The molecule has 2 aromatic heterocycles.